The molecular formula is C15H20F2N2O2. The van der Waals surface area contributed by atoms with Crippen LogP contribution in [0, 0.1) is 11.6 Å². The van der Waals surface area contributed by atoms with Crippen LogP contribution in [0.15, 0.2) is 12.1 Å². The Morgan fingerprint density at radius 1 is 1.29 bits per heavy atom. The molecule has 1 aromatic rings. The Balaban J connectivity index is 2.17. The topological polar surface area (TPSA) is 41.6 Å². The van der Waals surface area contributed by atoms with Crippen LogP contribution >= 0.6 is 0 Å². The quantitative estimate of drug-likeness (QED) is 0.929. The van der Waals surface area contributed by atoms with Crippen molar-refractivity contribution >= 4 is 11.6 Å². The second-order valence-corrected chi connectivity index (χ2v) is 5.00. The molecule has 1 aliphatic rings. The summed E-state index contributed by atoms with van der Waals surface area (Å²) in [5.74, 6) is -1.84. The van der Waals surface area contributed by atoms with E-state index in [0.29, 0.717) is 32.8 Å². The van der Waals surface area contributed by atoms with Gasteiger partial charge in [-0.15, -0.1) is 0 Å². The first kappa shape index (κ1) is 15.7. The maximum atomic E-state index is 13.9. The molecule has 0 aliphatic carbocycles. The molecule has 116 valence electrons. The first-order valence-corrected chi connectivity index (χ1v) is 7.23. The van der Waals surface area contributed by atoms with Gasteiger partial charge in [0.25, 0.3) is 5.91 Å². The number of nitrogens with zero attached hydrogens (tertiary/aromatic N) is 1. The molecular weight excluding hydrogens is 278 g/mol. The maximum Gasteiger partial charge on any atom is 0.254 e. The molecule has 1 amide bonds. The predicted molar refractivity (Wildman–Crippen MR) is 76.5 cm³/mol. The highest BCUT2D eigenvalue weighted by atomic mass is 19.1. The van der Waals surface area contributed by atoms with Crippen molar-refractivity contribution in [1.29, 1.82) is 0 Å². The van der Waals surface area contributed by atoms with E-state index in [-0.39, 0.29) is 17.2 Å². The van der Waals surface area contributed by atoms with E-state index in [9.17, 15) is 13.6 Å². The molecule has 1 N–H and O–H groups in total. The Bertz CT molecular complexity index is 477. The van der Waals surface area contributed by atoms with Crippen molar-refractivity contribution in [3.05, 3.63) is 29.3 Å². The zero-order valence-electron chi connectivity index (χ0n) is 12.1. The average Bonchev–Trinajstić information content (AvgIpc) is 2.74. The van der Waals surface area contributed by atoms with Gasteiger partial charge in [-0.05, 0) is 25.0 Å². The minimum atomic E-state index is -0.738. The van der Waals surface area contributed by atoms with Gasteiger partial charge in [0.15, 0.2) is 0 Å². The number of hydrogen-bond donors (Lipinski definition) is 1. The summed E-state index contributed by atoms with van der Waals surface area (Å²) in [5, 5.41) is 2.69. The van der Waals surface area contributed by atoms with Crippen LogP contribution in [0.2, 0.25) is 0 Å². The van der Waals surface area contributed by atoms with E-state index in [1.165, 1.54) is 0 Å². The van der Waals surface area contributed by atoms with Crippen molar-refractivity contribution < 1.29 is 18.3 Å². The van der Waals surface area contributed by atoms with Crippen LogP contribution in [0.3, 0.4) is 0 Å². The predicted octanol–water partition coefficient (Wildman–Crippen LogP) is 2.65. The summed E-state index contributed by atoms with van der Waals surface area (Å²) in [6, 6.07) is 2.18. The fourth-order valence-electron chi connectivity index (χ4n) is 2.25. The van der Waals surface area contributed by atoms with Gasteiger partial charge in [-0.25, -0.2) is 8.78 Å². The number of ether oxygens (including phenoxy) is 1. The third-order valence-corrected chi connectivity index (χ3v) is 3.35. The lowest BCUT2D eigenvalue weighted by molar-refractivity contribution is 0.0740. The summed E-state index contributed by atoms with van der Waals surface area (Å²) in [4.78, 5) is 13.9. The Morgan fingerprint density at radius 3 is 2.67 bits per heavy atom. The first-order valence-electron chi connectivity index (χ1n) is 7.23. The third-order valence-electron chi connectivity index (χ3n) is 3.35. The second kappa shape index (κ2) is 7.36. The number of carbonyl (C=O) groups excluding carboxylic acids is 1. The Morgan fingerprint density at radius 2 is 2.00 bits per heavy atom. The van der Waals surface area contributed by atoms with Gasteiger partial charge in [-0.1, -0.05) is 6.92 Å². The highest BCUT2D eigenvalue weighted by Crippen LogP contribution is 2.22. The number of hydrogen-bond acceptors (Lipinski definition) is 3. The molecule has 0 saturated carbocycles. The molecule has 4 nitrogen and oxygen atoms in total. The molecule has 0 atom stereocenters. The van der Waals surface area contributed by atoms with Gasteiger partial charge in [0, 0.05) is 31.8 Å². The van der Waals surface area contributed by atoms with E-state index >= 15 is 0 Å². The lowest BCUT2D eigenvalue weighted by Gasteiger charge is -2.20. The highest BCUT2D eigenvalue weighted by molar-refractivity contribution is 5.94. The molecule has 1 saturated heterocycles. The molecule has 0 bridgehead atoms. The van der Waals surface area contributed by atoms with E-state index in [1.807, 2.05) is 6.92 Å². The SMILES string of the molecule is CCCNc1c(F)cc(C(=O)N2CCCOCC2)cc1F. The van der Waals surface area contributed by atoms with Crippen molar-refractivity contribution in [3.63, 3.8) is 0 Å². The number of benzene rings is 1. The average molecular weight is 298 g/mol. The van der Waals surface area contributed by atoms with Gasteiger partial charge < -0.3 is 15.0 Å². The van der Waals surface area contributed by atoms with Crippen molar-refractivity contribution in [2.75, 3.05) is 38.2 Å². The van der Waals surface area contributed by atoms with E-state index in [0.717, 1.165) is 25.0 Å². The molecule has 1 heterocycles. The molecule has 0 unspecified atom stereocenters. The zero-order chi connectivity index (χ0) is 15.2. The first-order chi connectivity index (χ1) is 10.1. The van der Waals surface area contributed by atoms with E-state index < -0.39 is 11.6 Å². The summed E-state index contributed by atoms with van der Waals surface area (Å²) in [6.45, 7) is 4.42. The Hall–Kier alpha value is -1.69. The summed E-state index contributed by atoms with van der Waals surface area (Å²) in [7, 11) is 0. The molecule has 1 aliphatic heterocycles. The normalized spacial score (nSPS) is 15.7. The molecule has 1 aromatic carbocycles. The summed E-state index contributed by atoms with van der Waals surface area (Å²) < 4.78 is 33.2. The fraction of sp³-hybridized carbons (Fsp3) is 0.533. The van der Waals surface area contributed by atoms with Gasteiger partial charge in [0.1, 0.15) is 17.3 Å². The molecule has 21 heavy (non-hydrogen) atoms. The van der Waals surface area contributed by atoms with Crippen LogP contribution in [0.1, 0.15) is 30.1 Å². The lowest BCUT2D eigenvalue weighted by Crippen LogP contribution is -2.33. The fourth-order valence-corrected chi connectivity index (χ4v) is 2.25. The largest absolute Gasteiger partial charge is 0.380 e. The zero-order valence-corrected chi connectivity index (χ0v) is 12.1. The summed E-state index contributed by atoms with van der Waals surface area (Å²) in [6.07, 6.45) is 1.49. The second-order valence-electron chi connectivity index (χ2n) is 5.00. The van der Waals surface area contributed by atoms with Crippen LogP contribution in [0.25, 0.3) is 0 Å². The molecule has 1 fully saturated rings. The smallest absolute Gasteiger partial charge is 0.254 e. The van der Waals surface area contributed by atoms with Gasteiger partial charge >= 0.3 is 0 Å². The highest BCUT2D eigenvalue weighted by Gasteiger charge is 2.20. The third kappa shape index (κ3) is 3.91. The minimum absolute atomic E-state index is 0.0361. The van der Waals surface area contributed by atoms with Gasteiger partial charge in [0.2, 0.25) is 0 Å². The van der Waals surface area contributed by atoms with Crippen molar-refractivity contribution in [2.24, 2.45) is 0 Å². The molecule has 6 heteroatoms. The molecule has 0 radical (unpaired) electrons. The number of nitrogens with one attached hydrogen (secondary N) is 1. The van der Waals surface area contributed by atoms with Crippen LogP contribution < -0.4 is 5.32 Å². The number of carbonyl (C=O) groups is 1. The number of rotatable bonds is 4. The van der Waals surface area contributed by atoms with Gasteiger partial charge in [0.05, 0.1) is 6.61 Å². The number of amides is 1. The monoisotopic (exact) mass is 298 g/mol. The van der Waals surface area contributed by atoms with Crippen molar-refractivity contribution in [2.45, 2.75) is 19.8 Å². The molecule has 0 aromatic heterocycles. The van der Waals surface area contributed by atoms with E-state index in [2.05, 4.69) is 5.32 Å². The molecule has 0 spiro atoms. The number of anilines is 1. The van der Waals surface area contributed by atoms with Crippen LogP contribution in [0.4, 0.5) is 14.5 Å². The number of halogens is 2. The minimum Gasteiger partial charge on any atom is -0.380 e. The summed E-state index contributed by atoms with van der Waals surface area (Å²) >= 11 is 0. The Kier molecular flexibility index (Phi) is 5.50. The van der Waals surface area contributed by atoms with Crippen LogP contribution in [-0.2, 0) is 4.74 Å². The lowest BCUT2D eigenvalue weighted by atomic mass is 10.1. The van der Waals surface area contributed by atoms with Crippen LogP contribution in [-0.4, -0.2) is 43.7 Å². The van der Waals surface area contributed by atoms with Crippen LogP contribution in [0.5, 0.6) is 0 Å². The van der Waals surface area contributed by atoms with Crippen molar-refractivity contribution in [1.82, 2.24) is 4.90 Å². The summed E-state index contributed by atoms with van der Waals surface area (Å²) in [5.41, 5.74) is -0.137. The Labute approximate surface area is 123 Å². The van der Waals surface area contributed by atoms with Gasteiger partial charge in [-0.2, -0.15) is 0 Å². The maximum absolute atomic E-state index is 13.9. The van der Waals surface area contributed by atoms with Gasteiger partial charge in [-0.3, -0.25) is 4.79 Å². The van der Waals surface area contributed by atoms with E-state index in [4.69, 9.17) is 4.74 Å². The van der Waals surface area contributed by atoms with E-state index in [1.54, 1.807) is 4.90 Å². The van der Waals surface area contributed by atoms with Crippen molar-refractivity contribution in [3.8, 4) is 0 Å². The molecule has 2 rings (SSSR count). The standard InChI is InChI=1S/C15H20F2N2O2/c1-2-4-18-14-12(16)9-11(10-13(14)17)15(20)19-5-3-7-21-8-6-19/h9-10,18H,2-8H2,1H3.